The van der Waals surface area contributed by atoms with Gasteiger partial charge in [0.15, 0.2) is 0 Å². The van der Waals surface area contributed by atoms with E-state index in [4.69, 9.17) is 18.9 Å². The Morgan fingerprint density at radius 3 is 1.41 bits per heavy atom. The number of aliphatic hydroxyl groups excluding tert-OH is 6. The van der Waals surface area contributed by atoms with Gasteiger partial charge in [-0.3, -0.25) is 0 Å². The van der Waals surface area contributed by atoms with E-state index in [0.29, 0.717) is 30.4 Å². The van der Waals surface area contributed by atoms with E-state index in [2.05, 4.69) is 0 Å². The van der Waals surface area contributed by atoms with Gasteiger partial charge in [-0.1, -0.05) is 12.1 Å². The number of hydrogen-bond acceptors (Lipinski definition) is 12. The third-order valence-electron chi connectivity index (χ3n) is 6.42. The van der Waals surface area contributed by atoms with Gasteiger partial charge in [0.1, 0.15) is 59.6 Å². The van der Waals surface area contributed by atoms with E-state index in [-0.39, 0.29) is 36.2 Å². The summed E-state index contributed by atoms with van der Waals surface area (Å²) in [5.74, 6) is 0.372. The molecule has 0 aliphatic carbocycles. The van der Waals surface area contributed by atoms with Crippen LogP contribution in [0.15, 0.2) is 36.4 Å². The zero-order valence-electron chi connectivity index (χ0n) is 19.8. The van der Waals surface area contributed by atoms with Gasteiger partial charge in [-0.05, 0) is 42.5 Å². The number of phenolic OH excluding ortho intramolecular Hbond substituents is 2. The highest BCUT2D eigenvalue weighted by atomic mass is 16.7. The second-order valence-corrected chi connectivity index (χ2v) is 9.17. The summed E-state index contributed by atoms with van der Waals surface area (Å²) in [7, 11) is 0. The van der Waals surface area contributed by atoms with Crippen LogP contribution in [0, 0.1) is 0 Å². The molecule has 0 spiro atoms. The predicted octanol–water partition coefficient (Wildman–Crippen LogP) is -1.09. The molecule has 8 N–H and O–H groups in total. The number of aliphatic hydroxyl groups is 6. The highest BCUT2D eigenvalue weighted by Gasteiger charge is 2.40. The smallest absolute Gasteiger partial charge is 0.228 e. The molecule has 0 aromatic heterocycles. The van der Waals surface area contributed by atoms with Crippen molar-refractivity contribution >= 4 is 0 Å². The van der Waals surface area contributed by atoms with Crippen LogP contribution in [-0.4, -0.2) is 103 Å². The Kier molecular flexibility index (Phi) is 8.72. The molecule has 2 aromatic carbocycles. The van der Waals surface area contributed by atoms with Crippen LogP contribution in [0.1, 0.15) is 17.5 Å². The minimum absolute atomic E-state index is 0.0327. The van der Waals surface area contributed by atoms with Crippen molar-refractivity contribution in [3.05, 3.63) is 47.5 Å². The van der Waals surface area contributed by atoms with Crippen molar-refractivity contribution in [2.75, 3.05) is 13.2 Å². The minimum Gasteiger partial charge on any atom is -0.508 e. The van der Waals surface area contributed by atoms with Gasteiger partial charge in [-0.2, -0.15) is 0 Å². The second-order valence-electron chi connectivity index (χ2n) is 9.17. The molecule has 2 aliphatic heterocycles. The van der Waals surface area contributed by atoms with E-state index in [1.54, 1.807) is 24.3 Å². The van der Waals surface area contributed by atoms with E-state index >= 15 is 0 Å². The Hall–Kier alpha value is -2.68. The second kappa shape index (κ2) is 11.8. The third kappa shape index (κ3) is 6.43. The standard InChI is InChI=1S/C25H32O12/c26-16-8-14(36-24-22(32)20(30)18(28)10-34-24)6-4-12(16)2-1-3-13-5-7-15(9-17(13)27)37-25-23(33)21(31)19(29)11-35-25/h4-9,18-33H,1-3,10-11H2/t18-,19-,20+,21+,22-,23-,24?,25?/m1/s1. The Balaban J connectivity index is 1.28. The molecule has 8 atom stereocenters. The summed E-state index contributed by atoms with van der Waals surface area (Å²) in [6.45, 7) is -0.396. The number of benzene rings is 2. The summed E-state index contributed by atoms with van der Waals surface area (Å²) in [5, 5.41) is 79.3. The van der Waals surface area contributed by atoms with E-state index in [1.165, 1.54) is 12.1 Å². The molecule has 0 bridgehead atoms. The molecule has 0 radical (unpaired) electrons. The molecule has 2 fully saturated rings. The van der Waals surface area contributed by atoms with Crippen LogP contribution >= 0.6 is 0 Å². The van der Waals surface area contributed by atoms with Crippen molar-refractivity contribution < 1.29 is 59.8 Å². The average molecular weight is 525 g/mol. The molecule has 2 aromatic rings. The molecule has 2 aliphatic rings. The molecule has 0 saturated carbocycles. The molecular weight excluding hydrogens is 492 g/mol. The summed E-state index contributed by atoms with van der Waals surface area (Å²) in [5.41, 5.74) is 1.27. The van der Waals surface area contributed by atoms with Crippen LogP contribution in [0.4, 0.5) is 0 Å². The molecule has 37 heavy (non-hydrogen) atoms. The molecule has 204 valence electrons. The van der Waals surface area contributed by atoms with Crippen molar-refractivity contribution in [3.8, 4) is 23.0 Å². The number of aromatic hydroxyl groups is 2. The van der Waals surface area contributed by atoms with Crippen molar-refractivity contribution in [2.45, 2.75) is 68.5 Å². The largest absolute Gasteiger partial charge is 0.508 e. The zero-order valence-corrected chi connectivity index (χ0v) is 19.8. The summed E-state index contributed by atoms with van der Waals surface area (Å²) in [4.78, 5) is 0. The van der Waals surface area contributed by atoms with Crippen molar-refractivity contribution in [2.24, 2.45) is 0 Å². The zero-order chi connectivity index (χ0) is 26.7. The fourth-order valence-electron chi connectivity index (χ4n) is 4.16. The molecule has 2 saturated heterocycles. The van der Waals surface area contributed by atoms with Crippen LogP contribution in [-0.2, 0) is 22.3 Å². The Morgan fingerprint density at radius 2 is 1.03 bits per heavy atom. The number of phenols is 2. The highest BCUT2D eigenvalue weighted by Crippen LogP contribution is 2.30. The lowest BCUT2D eigenvalue weighted by molar-refractivity contribution is -0.242. The van der Waals surface area contributed by atoms with E-state index in [1.807, 2.05) is 0 Å². The van der Waals surface area contributed by atoms with Crippen molar-refractivity contribution in [3.63, 3.8) is 0 Å². The fraction of sp³-hybridized carbons (Fsp3) is 0.520. The van der Waals surface area contributed by atoms with Crippen molar-refractivity contribution in [1.29, 1.82) is 0 Å². The molecule has 0 amide bonds. The monoisotopic (exact) mass is 524 g/mol. The highest BCUT2D eigenvalue weighted by molar-refractivity contribution is 5.41. The van der Waals surface area contributed by atoms with E-state index < -0.39 is 49.2 Å². The van der Waals surface area contributed by atoms with E-state index in [0.717, 1.165) is 0 Å². The summed E-state index contributed by atoms with van der Waals surface area (Å²) < 4.78 is 21.4. The maximum absolute atomic E-state index is 10.4. The van der Waals surface area contributed by atoms with Gasteiger partial charge in [0.05, 0.1) is 13.2 Å². The average Bonchev–Trinajstić information content (AvgIpc) is 2.87. The lowest BCUT2D eigenvalue weighted by Crippen LogP contribution is -2.54. The fourth-order valence-corrected chi connectivity index (χ4v) is 4.16. The minimum atomic E-state index is -1.45. The number of hydrogen-bond donors (Lipinski definition) is 8. The third-order valence-corrected chi connectivity index (χ3v) is 6.42. The maximum Gasteiger partial charge on any atom is 0.228 e. The van der Waals surface area contributed by atoms with Crippen LogP contribution in [0.5, 0.6) is 23.0 Å². The first kappa shape index (κ1) is 27.4. The van der Waals surface area contributed by atoms with Gasteiger partial charge in [0, 0.05) is 12.1 Å². The van der Waals surface area contributed by atoms with Gasteiger partial charge in [-0.15, -0.1) is 0 Å². The lowest BCUT2D eigenvalue weighted by Gasteiger charge is -2.34. The SMILES string of the molecule is Oc1cc(OC2OC[C@@H](O)[C@H](O)[C@H]2O)ccc1CCCc1ccc(OC2OC[C@@H](O)[C@H](O)[C@H]2O)cc1O. The predicted molar refractivity (Wildman–Crippen MR) is 125 cm³/mol. The first-order valence-electron chi connectivity index (χ1n) is 11.9. The summed E-state index contributed by atoms with van der Waals surface area (Å²) in [6.07, 6.45) is -8.95. The Bertz CT molecular complexity index is 967. The van der Waals surface area contributed by atoms with Crippen LogP contribution in [0.3, 0.4) is 0 Å². The van der Waals surface area contributed by atoms with Gasteiger partial charge >= 0.3 is 0 Å². The van der Waals surface area contributed by atoms with Gasteiger partial charge in [0.2, 0.25) is 12.6 Å². The normalized spacial score (nSPS) is 32.2. The summed E-state index contributed by atoms with van der Waals surface area (Å²) in [6, 6.07) is 9.22. The molecule has 12 heteroatoms. The maximum atomic E-state index is 10.4. The van der Waals surface area contributed by atoms with E-state index in [9.17, 15) is 40.9 Å². The summed E-state index contributed by atoms with van der Waals surface area (Å²) >= 11 is 0. The molecule has 4 rings (SSSR count). The number of aryl methyl sites for hydroxylation is 2. The first-order chi connectivity index (χ1) is 17.6. The lowest BCUT2D eigenvalue weighted by atomic mass is 10.0. The molecule has 12 nitrogen and oxygen atoms in total. The number of rotatable bonds is 8. The van der Waals surface area contributed by atoms with Crippen molar-refractivity contribution in [1.82, 2.24) is 0 Å². The van der Waals surface area contributed by atoms with Crippen LogP contribution in [0.2, 0.25) is 0 Å². The number of ether oxygens (including phenoxy) is 4. The Morgan fingerprint density at radius 1 is 0.622 bits per heavy atom. The topological polar surface area (TPSA) is 199 Å². The van der Waals surface area contributed by atoms with Gasteiger partial charge < -0.3 is 59.8 Å². The molecule has 2 unspecified atom stereocenters. The quantitative estimate of drug-likeness (QED) is 0.208. The van der Waals surface area contributed by atoms with Gasteiger partial charge in [-0.25, -0.2) is 0 Å². The molecule has 2 heterocycles. The van der Waals surface area contributed by atoms with Crippen LogP contribution < -0.4 is 9.47 Å². The molecular formula is C25H32O12. The first-order valence-corrected chi connectivity index (χ1v) is 11.9. The van der Waals surface area contributed by atoms with Gasteiger partial charge in [0.25, 0.3) is 0 Å². The Labute approximate surface area is 212 Å². The van der Waals surface area contributed by atoms with Crippen LogP contribution in [0.25, 0.3) is 0 Å².